The quantitative estimate of drug-likeness (QED) is 0.544. The molecule has 0 aliphatic carbocycles. The first-order valence-electron chi connectivity index (χ1n) is 3.12. The van der Waals surface area contributed by atoms with Crippen LogP contribution < -0.4 is 0 Å². The molecule has 1 fully saturated rings. The summed E-state index contributed by atoms with van der Waals surface area (Å²) in [7, 11) is 2.16. The molecule has 1 nitrogen and oxygen atoms in total. The van der Waals surface area contributed by atoms with Gasteiger partial charge in [0.1, 0.15) is 0 Å². The zero-order chi connectivity index (χ0) is 5.98. The van der Waals surface area contributed by atoms with Gasteiger partial charge >= 0.3 is 0 Å². The van der Waals surface area contributed by atoms with Crippen LogP contribution in [0.4, 0.5) is 0 Å². The highest BCUT2D eigenvalue weighted by molar-refractivity contribution is 7.80. The molecule has 0 saturated carbocycles. The summed E-state index contributed by atoms with van der Waals surface area (Å²) in [6.07, 6.45) is 1.30. The number of thiol groups is 1. The first-order chi connectivity index (χ1) is 3.83. The fourth-order valence-corrected chi connectivity index (χ4v) is 1.56. The zero-order valence-corrected chi connectivity index (χ0v) is 6.19. The molecular formula is C6H13NS. The van der Waals surface area contributed by atoms with Gasteiger partial charge in [0.2, 0.25) is 0 Å². The van der Waals surface area contributed by atoms with Crippen LogP contribution in [0, 0.1) is 5.92 Å². The van der Waals surface area contributed by atoms with Gasteiger partial charge in [0, 0.05) is 13.1 Å². The third kappa shape index (κ3) is 1.39. The average Bonchev–Trinajstić information content (AvgIpc) is 1.64. The molecule has 8 heavy (non-hydrogen) atoms. The third-order valence-corrected chi connectivity index (χ3v) is 1.94. The molecule has 1 heterocycles. The minimum atomic E-state index is 0.956. The average molecular weight is 131 g/mol. The molecule has 1 saturated heterocycles. The van der Waals surface area contributed by atoms with Crippen LogP contribution in [-0.2, 0) is 0 Å². The van der Waals surface area contributed by atoms with Crippen LogP contribution in [0.2, 0.25) is 0 Å². The van der Waals surface area contributed by atoms with Gasteiger partial charge in [-0.2, -0.15) is 12.6 Å². The number of likely N-dealkylation sites (tertiary alicyclic amines) is 1. The van der Waals surface area contributed by atoms with Crippen LogP contribution in [-0.4, -0.2) is 30.8 Å². The van der Waals surface area contributed by atoms with E-state index >= 15 is 0 Å². The minimum absolute atomic E-state index is 0.956. The van der Waals surface area contributed by atoms with Crippen LogP contribution in [0.15, 0.2) is 0 Å². The molecule has 0 spiro atoms. The summed E-state index contributed by atoms with van der Waals surface area (Å²) < 4.78 is 0. The van der Waals surface area contributed by atoms with E-state index < -0.39 is 0 Å². The van der Waals surface area contributed by atoms with E-state index in [0.29, 0.717) is 0 Å². The van der Waals surface area contributed by atoms with Crippen molar-refractivity contribution < 1.29 is 0 Å². The molecule has 0 aromatic carbocycles. The Balaban J connectivity index is 1.98. The molecule has 0 atom stereocenters. The summed E-state index contributed by atoms with van der Waals surface area (Å²) in [6.45, 7) is 2.58. The molecule has 0 aromatic heterocycles. The van der Waals surface area contributed by atoms with Gasteiger partial charge in [-0.3, -0.25) is 0 Å². The molecule has 0 N–H and O–H groups in total. The predicted octanol–water partition coefficient (Wildman–Crippen LogP) is 0.868. The second-order valence-electron chi connectivity index (χ2n) is 2.60. The highest BCUT2D eigenvalue weighted by atomic mass is 32.1. The van der Waals surface area contributed by atoms with Gasteiger partial charge in [0.25, 0.3) is 0 Å². The molecule has 0 radical (unpaired) electrons. The molecule has 0 bridgehead atoms. The van der Waals surface area contributed by atoms with Gasteiger partial charge < -0.3 is 4.90 Å². The molecule has 0 amide bonds. The van der Waals surface area contributed by atoms with Crippen molar-refractivity contribution in [2.24, 2.45) is 5.92 Å². The molecule has 2 heteroatoms. The Morgan fingerprint density at radius 3 is 2.62 bits per heavy atom. The second kappa shape index (κ2) is 2.74. The van der Waals surface area contributed by atoms with Crippen molar-refractivity contribution in [1.29, 1.82) is 0 Å². The summed E-state index contributed by atoms with van der Waals surface area (Å²) >= 11 is 4.16. The van der Waals surface area contributed by atoms with Crippen molar-refractivity contribution in [3.05, 3.63) is 0 Å². The standard InChI is InChI=1S/C6H13NS/c1-7-4-6(5-7)2-3-8/h6,8H,2-5H2,1H3. The molecule has 1 rings (SSSR count). The van der Waals surface area contributed by atoms with Crippen LogP contribution in [0.25, 0.3) is 0 Å². The normalized spacial score (nSPS) is 23.2. The maximum atomic E-state index is 4.16. The highest BCUT2D eigenvalue weighted by Gasteiger charge is 2.21. The first kappa shape index (κ1) is 6.43. The van der Waals surface area contributed by atoms with Crippen molar-refractivity contribution in [2.45, 2.75) is 6.42 Å². The zero-order valence-electron chi connectivity index (χ0n) is 5.30. The lowest BCUT2D eigenvalue weighted by atomic mass is 9.99. The summed E-state index contributed by atoms with van der Waals surface area (Å²) in [5.41, 5.74) is 0. The lowest BCUT2D eigenvalue weighted by Gasteiger charge is -2.35. The maximum Gasteiger partial charge on any atom is 0.00193 e. The van der Waals surface area contributed by atoms with Crippen LogP contribution in [0.1, 0.15) is 6.42 Å². The van der Waals surface area contributed by atoms with Crippen molar-refractivity contribution in [3.63, 3.8) is 0 Å². The molecular weight excluding hydrogens is 118 g/mol. The van der Waals surface area contributed by atoms with Crippen molar-refractivity contribution >= 4 is 12.6 Å². The van der Waals surface area contributed by atoms with E-state index in [1.165, 1.54) is 19.5 Å². The summed E-state index contributed by atoms with van der Waals surface area (Å²) in [4.78, 5) is 2.34. The fraction of sp³-hybridized carbons (Fsp3) is 1.00. The van der Waals surface area contributed by atoms with Gasteiger partial charge in [-0.15, -0.1) is 0 Å². The SMILES string of the molecule is CN1CC(CCS)C1. The van der Waals surface area contributed by atoms with E-state index in [1.807, 2.05) is 0 Å². The van der Waals surface area contributed by atoms with E-state index in [2.05, 4.69) is 24.6 Å². The van der Waals surface area contributed by atoms with Gasteiger partial charge in [-0.05, 0) is 25.1 Å². The van der Waals surface area contributed by atoms with E-state index in [9.17, 15) is 0 Å². The van der Waals surface area contributed by atoms with Crippen molar-refractivity contribution in [3.8, 4) is 0 Å². The predicted molar refractivity (Wildman–Crippen MR) is 39.5 cm³/mol. The molecule has 0 aromatic rings. The highest BCUT2D eigenvalue weighted by Crippen LogP contribution is 2.16. The summed E-state index contributed by atoms with van der Waals surface area (Å²) in [5, 5.41) is 0. The number of hydrogen-bond donors (Lipinski definition) is 1. The van der Waals surface area contributed by atoms with E-state index in [0.717, 1.165) is 11.7 Å². The summed E-state index contributed by atoms with van der Waals surface area (Å²) in [5.74, 6) is 2.01. The fourth-order valence-electron chi connectivity index (χ4n) is 1.19. The molecule has 48 valence electrons. The Morgan fingerprint density at radius 2 is 2.25 bits per heavy atom. The molecule has 1 aliphatic heterocycles. The molecule has 0 unspecified atom stereocenters. The van der Waals surface area contributed by atoms with Crippen molar-refractivity contribution in [1.82, 2.24) is 4.90 Å². The van der Waals surface area contributed by atoms with Crippen LogP contribution >= 0.6 is 12.6 Å². The molecule has 1 aliphatic rings. The maximum absolute atomic E-state index is 4.16. The number of hydrogen-bond acceptors (Lipinski definition) is 2. The van der Waals surface area contributed by atoms with E-state index in [1.54, 1.807) is 0 Å². The number of nitrogens with zero attached hydrogens (tertiary/aromatic N) is 1. The lowest BCUT2D eigenvalue weighted by Crippen LogP contribution is -2.43. The van der Waals surface area contributed by atoms with Gasteiger partial charge in [0.05, 0.1) is 0 Å². The summed E-state index contributed by atoms with van der Waals surface area (Å²) in [6, 6.07) is 0. The van der Waals surface area contributed by atoms with Gasteiger partial charge in [-0.25, -0.2) is 0 Å². The lowest BCUT2D eigenvalue weighted by molar-refractivity contribution is 0.132. The Morgan fingerprint density at radius 1 is 1.62 bits per heavy atom. The van der Waals surface area contributed by atoms with E-state index in [4.69, 9.17) is 0 Å². The topological polar surface area (TPSA) is 3.24 Å². The first-order valence-corrected chi connectivity index (χ1v) is 3.75. The Kier molecular flexibility index (Phi) is 2.20. The van der Waals surface area contributed by atoms with Gasteiger partial charge in [-0.1, -0.05) is 0 Å². The third-order valence-electron chi connectivity index (χ3n) is 1.68. The second-order valence-corrected chi connectivity index (χ2v) is 3.05. The van der Waals surface area contributed by atoms with E-state index in [-0.39, 0.29) is 0 Å². The van der Waals surface area contributed by atoms with Gasteiger partial charge in [0.15, 0.2) is 0 Å². The van der Waals surface area contributed by atoms with Crippen LogP contribution in [0.3, 0.4) is 0 Å². The number of rotatable bonds is 2. The van der Waals surface area contributed by atoms with Crippen molar-refractivity contribution in [2.75, 3.05) is 25.9 Å². The van der Waals surface area contributed by atoms with Crippen LogP contribution in [0.5, 0.6) is 0 Å². The Bertz CT molecular complexity index is 66.2. The largest absolute Gasteiger partial charge is 0.306 e. The minimum Gasteiger partial charge on any atom is -0.306 e. The Hall–Kier alpha value is 0.310. The Labute approximate surface area is 56.5 Å². The monoisotopic (exact) mass is 131 g/mol. The smallest absolute Gasteiger partial charge is 0.00193 e.